The van der Waals surface area contributed by atoms with E-state index in [0.29, 0.717) is 35.5 Å². The molecule has 1 unspecified atom stereocenters. The van der Waals surface area contributed by atoms with E-state index in [2.05, 4.69) is 10.6 Å². The zero-order chi connectivity index (χ0) is 21.7. The molecular formula is C22H27N3O4S. The molecule has 0 radical (unpaired) electrons. The van der Waals surface area contributed by atoms with Crippen molar-refractivity contribution < 1.29 is 18.0 Å². The number of hydrogen-bond donors (Lipinski definition) is 2. The summed E-state index contributed by atoms with van der Waals surface area (Å²) in [6, 6.07) is 13.3. The molecule has 1 heterocycles. The lowest BCUT2D eigenvalue weighted by molar-refractivity contribution is 0.0940. The van der Waals surface area contributed by atoms with Crippen LogP contribution in [-0.2, 0) is 10.0 Å². The Morgan fingerprint density at radius 1 is 1.03 bits per heavy atom. The second-order valence-corrected chi connectivity index (χ2v) is 9.44. The van der Waals surface area contributed by atoms with Crippen molar-refractivity contribution in [2.45, 2.75) is 39.2 Å². The molecule has 0 spiro atoms. The second kappa shape index (κ2) is 9.30. The van der Waals surface area contributed by atoms with Crippen LogP contribution in [0.5, 0.6) is 0 Å². The fraction of sp³-hybridized carbons (Fsp3) is 0.364. The Morgan fingerprint density at radius 2 is 1.73 bits per heavy atom. The molecule has 1 aliphatic rings. The summed E-state index contributed by atoms with van der Waals surface area (Å²) in [5, 5.41) is 5.68. The lowest BCUT2D eigenvalue weighted by atomic mass is 10.1. The maximum Gasteiger partial charge on any atom is 0.255 e. The van der Waals surface area contributed by atoms with Crippen molar-refractivity contribution in [2.24, 2.45) is 0 Å². The molecule has 8 heteroatoms. The van der Waals surface area contributed by atoms with Gasteiger partial charge < -0.3 is 10.6 Å². The van der Waals surface area contributed by atoms with Crippen molar-refractivity contribution in [2.75, 3.05) is 21.9 Å². The Balaban J connectivity index is 1.75. The minimum Gasteiger partial charge on any atom is -0.350 e. The van der Waals surface area contributed by atoms with Crippen LogP contribution in [0.15, 0.2) is 48.5 Å². The molecule has 2 aromatic rings. The number of hydrogen-bond acceptors (Lipinski definition) is 4. The van der Waals surface area contributed by atoms with Crippen LogP contribution in [0.3, 0.4) is 0 Å². The Hall–Kier alpha value is -2.87. The molecule has 7 nitrogen and oxygen atoms in total. The van der Waals surface area contributed by atoms with Crippen LogP contribution in [0.1, 0.15) is 53.8 Å². The highest BCUT2D eigenvalue weighted by atomic mass is 32.2. The van der Waals surface area contributed by atoms with Gasteiger partial charge in [-0.1, -0.05) is 19.1 Å². The number of benzene rings is 2. The fourth-order valence-corrected chi connectivity index (χ4v) is 4.89. The Kier molecular flexibility index (Phi) is 6.77. The van der Waals surface area contributed by atoms with Crippen LogP contribution >= 0.6 is 0 Å². The summed E-state index contributed by atoms with van der Waals surface area (Å²) < 4.78 is 25.9. The summed E-state index contributed by atoms with van der Waals surface area (Å²) in [5.74, 6) is -0.470. The molecule has 30 heavy (non-hydrogen) atoms. The van der Waals surface area contributed by atoms with E-state index >= 15 is 0 Å². The third kappa shape index (κ3) is 4.99. The van der Waals surface area contributed by atoms with Gasteiger partial charge in [-0.2, -0.15) is 0 Å². The lowest BCUT2D eigenvalue weighted by Crippen LogP contribution is -2.37. The number of para-hydroxylation sites is 1. The molecule has 2 aromatic carbocycles. The molecule has 0 aliphatic carbocycles. The molecule has 3 rings (SSSR count). The van der Waals surface area contributed by atoms with Crippen molar-refractivity contribution in [1.29, 1.82) is 0 Å². The molecule has 2 amide bonds. The molecule has 0 saturated carbocycles. The first-order valence-corrected chi connectivity index (χ1v) is 11.7. The van der Waals surface area contributed by atoms with Crippen molar-refractivity contribution in [3.8, 4) is 0 Å². The van der Waals surface area contributed by atoms with Crippen LogP contribution in [0.25, 0.3) is 0 Å². The number of carbonyl (C=O) groups excluding carboxylic acids is 2. The van der Waals surface area contributed by atoms with Crippen LogP contribution in [0, 0.1) is 0 Å². The van der Waals surface area contributed by atoms with Gasteiger partial charge in [-0.3, -0.25) is 13.9 Å². The summed E-state index contributed by atoms with van der Waals surface area (Å²) >= 11 is 0. The van der Waals surface area contributed by atoms with Gasteiger partial charge in [0.2, 0.25) is 10.0 Å². The minimum absolute atomic E-state index is 0.0277. The lowest BCUT2D eigenvalue weighted by Gasteiger charge is -2.28. The number of nitrogens with one attached hydrogen (secondary N) is 2. The van der Waals surface area contributed by atoms with Crippen molar-refractivity contribution in [1.82, 2.24) is 5.32 Å². The van der Waals surface area contributed by atoms with E-state index in [1.54, 1.807) is 48.5 Å². The zero-order valence-electron chi connectivity index (χ0n) is 17.2. The van der Waals surface area contributed by atoms with Gasteiger partial charge in [-0.15, -0.1) is 0 Å². The summed E-state index contributed by atoms with van der Waals surface area (Å²) in [6.07, 6.45) is 2.29. The average molecular weight is 430 g/mol. The first-order valence-electron chi connectivity index (χ1n) is 10.1. The van der Waals surface area contributed by atoms with Crippen LogP contribution in [0.2, 0.25) is 0 Å². The molecular weight excluding hydrogens is 402 g/mol. The zero-order valence-corrected chi connectivity index (χ0v) is 18.0. The van der Waals surface area contributed by atoms with Gasteiger partial charge in [0.1, 0.15) is 0 Å². The maximum absolute atomic E-state index is 12.7. The van der Waals surface area contributed by atoms with Crippen molar-refractivity contribution >= 4 is 33.2 Å². The van der Waals surface area contributed by atoms with Gasteiger partial charge in [0.25, 0.3) is 11.8 Å². The predicted molar refractivity (Wildman–Crippen MR) is 118 cm³/mol. The topological polar surface area (TPSA) is 95.6 Å². The molecule has 160 valence electrons. The molecule has 1 atom stereocenters. The summed E-state index contributed by atoms with van der Waals surface area (Å²) in [6.45, 7) is 4.35. The molecule has 0 aromatic heterocycles. The SMILES string of the molecule is CCC(C)NC(=O)c1ccccc1NC(=O)c1ccc(N2CCCCS2(=O)=O)cc1. The summed E-state index contributed by atoms with van der Waals surface area (Å²) in [4.78, 5) is 25.2. The van der Waals surface area contributed by atoms with Crippen LogP contribution in [0.4, 0.5) is 11.4 Å². The maximum atomic E-state index is 12.7. The number of nitrogens with zero attached hydrogens (tertiary/aromatic N) is 1. The fourth-order valence-electron chi connectivity index (χ4n) is 3.25. The normalized spacial score (nSPS) is 16.5. The van der Waals surface area contributed by atoms with Gasteiger partial charge in [0, 0.05) is 18.2 Å². The first kappa shape index (κ1) is 21.8. The highest BCUT2D eigenvalue weighted by Crippen LogP contribution is 2.24. The van der Waals surface area contributed by atoms with E-state index in [9.17, 15) is 18.0 Å². The van der Waals surface area contributed by atoms with Crippen LogP contribution < -0.4 is 14.9 Å². The standard InChI is InChI=1S/C22H27N3O4S/c1-3-16(2)23-22(27)19-8-4-5-9-20(19)24-21(26)17-10-12-18(13-11-17)25-14-6-7-15-30(25,28)29/h4-5,8-13,16H,3,6-7,14-15H2,1-2H3,(H,23,27)(H,24,26). The van der Waals surface area contributed by atoms with E-state index in [4.69, 9.17) is 0 Å². The number of sulfonamides is 1. The Bertz CT molecular complexity index is 1020. The van der Waals surface area contributed by atoms with Gasteiger partial charge >= 0.3 is 0 Å². The molecule has 1 saturated heterocycles. The number of rotatable bonds is 6. The van der Waals surface area contributed by atoms with Gasteiger partial charge in [0.05, 0.1) is 22.7 Å². The molecule has 2 N–H and O–H groups in total. The number of carbonyl (C=O) groups is 2. The first-order chi connectivity index (χ1) is 14.3. The Morgan fingerprint density at radius 3 is 2.40 bits per heavy atom. The minimum atomic E-state index is -3.30. The molecule has 0 bridgehead atoms. The van der Waals surface area contributed by atoms with E-state index in [-0.39, 0.29) is 23.6 Å². The third-order valence-corrected chi connectivity index (χ3v) is 7.05. The van der Waals surface area contributed by atoms with Crippen LogP contribution in [-0.4, -0.2) is 38.6 Å². The van der Waals surface area contributed by atoms with Gasteiger partial charge in [0.15, 0.2) is 0 Å². The largest absolute Gasteiger partial charge is 0.350 e. The van der Waals surface area contributed by atoms with Crippen molar-refractivity contribution in [3.63, 3.8) is 0 Å². The molecule has 1 fully saturated rings. The van der Waals surface area contributed by atoms with Gasteiger partial charge in [-0.25, -0.2) is 8.42 Å². The van der Waals surface area contributed by atoms with E-state index in [1.165, 1.54) is 4.31 Å². The third-order valence-electron chi connectivity index (χ3n) is 5.18. The Labute approximate surface area is 177 Å². The van der Waals surface area contributed by atoms with E-state index < -0.39 is 10.0 Å². The van der Waals surface area contributed by atoms with Gasteiger partial charge in [-0.05, 0) is 62.6 Å². The summed E-state index contributed by atoms with van der Waals surface area (Å²) in [7, 11) is -3.30. The monoisotopic (exact) mass is 429 g/mol. The highest BCUT2D eigenvalue weighted by molar-refractivity contribution is 7.92. The van der Waals surface area contributed by atoms with E-state index in [0.717, 1.165) is 12.8 Å². The smallest absolute Gasteiger partial charge is 0.255 e. The quantitative estimate of drug-likeness (QED) is 0.736. The van der Waals surface area contributed by atoms with Crippen molar-refractivity contribution in [3.05, 3.63) is 59.7 Å². The average Bonchev–Trinajstić information content (AvgIpc) is 2.73. The highest BCUT2D eigenvalue weighted by Gasteiger charge is 2.26. The number of anilines is 2. The second-order valence-electron chi connectivity index (χ2n) is 7.42. The summed E-state index contributed by atoms with van der Waals surface area (Å²) in [5.41, 5.74) is 1.75. The predicted octanol–water partition coefficient (Wildman–Crippen LogP) is 3.40. The number of amides is 2. The molecule has 1 aliphatic heterocycles. The van der Waals surface area contributed by atoms with E-state index in [1.807, 2.05) is 13.8 Å².